The summed E-state index contributed by atoms with van der Waals surface area (Å²) in [6.45, 7) is 0. The molecule has 1 N–H and O–H groups in total. The van der Waals surface area contributed by atoms with Crippen molar-refractivity contribution in [3.8, 4) is 17.3 Å². The predicted molar refractivity (Wildman–Crippen MR) is 95.0 cm³/mol. The summed E-state index contributed by atoms with van der Waals surface area (Å²) in [5, 5.41) is 10.2. The molecule has 0 spiro atoms. The molecule has 0 aliphatic heterocycles. The Morgan fingerprint density at radius 3 is 3.00 bits per heavy atom. The molecule has 4 rings (SSSR count). The molecule has 0 saturated carbocycles. The number of hydrogen-bond donors (Lipinski definition) is 1. The number of carbonyl (C=O) groups excluding carboxylic acids is 1. The van der Waals surface area contributed by atoms with Crippen molar-refractivity contribution in [2.75, 3.05) is 12.4 Å². The van der Waals surface area contributed by atoms with Crippen molar-refractivity contribution in [3.05, 3.63) is 47.5 Å². The van der Waals surface area contributed by atoms with Gasteiger partial charge in [0.05, 0.1) is 7.11 Å². The van der Waals surface area contributed by atoms with Gasteiger partial charge in [0.1, 0.15) is 16.8 Å². The number of para-hydroxylation sites is 1. The molecule has 7 nitrogen and oxygen atoms in total. The third-order valence-electron chi connectivity index (χ3n) is 3.64. The van der Waals surface area contributed by atoms with Crippen LogP contribution in [0.3, 0.4) is 0 Å². The standard InChI is InChI=1S/C17H14N4O3S/c1-21-8-11(16(20-21)23-2)15(22)19-17-18-12(9-25-17)14-7-10-5-3-4-6-13(10)24-14/h3-9H,1-2H3,(H,18,19,22). The van der Waals surface area contributed by atoms with Crippen LogP contribution in [0.4, 0.5) is 5.13 Å². The van der Waals surface area contributed by atoms with Crippen LogP contribution in [0.1, 0.15) is 10.4 Å². The molecule has 3 aromatic heterocycles. The average Bonchev–Trinajstić information content (AvgIpc) is 3.31. The third-order valence-corrected chi connectivity index (χ3v) is 4.39. The Morgan fingerprint density at radius 2 is 2.20 bits per heavy atom. The first-order valence-electron chi connectivity index (χ1n) is 7.47. The van der Waals surface area contributed by atoms with Gasteiger partial charge in [-0.25, -0.2) is 4.98 Å². The second-order valence-corrected chi connectivity index (χ2v) is 6.22. The molecule has 0 atom stereocenters. The van der Waals surface area contributed by atoms with Crippen LogP contribution < -0.4 is 10.1 Å². The zero-order valence-corrected chi connectivity index (χ0v) is 14.3. The van der Waals surface area contributed by atoms with Gasteiger partial charge in [0.15, 0.2) is 10.9 Å². The molecule has 0 aliphatic rings. The largest absolute Gasteiger partial charge is 0.479 e. The molecule has 126 valence electrons. The Hall–Kier alpha value is -3.13. The van der Waals surface area contributed by atoms with E-state index in [1.165, 1.54) is 23.1 Å². The van der Waals surface area contributed by atoms with Gasteiger partial charge in [-0.2, -0.15) is 0 Å². The summed E-state index contributed by atoms with van der Waals surface area (Å²) < 4.78 is 12.4. The van der Waals surface area contributed by atoms with E-state index in [2.05, 4.69) is 15.4 Å². The van der Waals surface area contributed by atoms with Gasteiger partial charge in [-0.3, -0.25) is 14.8 Å². The SMILES string of the molecule is COc1nn(C)cc1C(=O)Nc1nc(-c2cc3ccccc3o2)cs1. The van der Waals surface area contributed by atoms with Gasteiger partial charge in [-0.05, 0) is 12.1 Å². The van der Waals surface area contributed by atoms with Gasteiger partial charge in [-0.15, -0.1) is 16.4 Å². The molecule has 3 heterocycles. The summed E-state index contributed by atoms with van der Waals surface area (Å²) in [6.07, 6.45) is 1.60. The van der Waals surface area contributed by atoms with Crippen molar-refractivity contribution in [1.82, 2.24) is 14.8 Å². The molecule has 0 saturated heterocycles. The minimum atomic E-state index is -0.324. The number of benzene rings is 1. The van der Waals surface area contributed by atoms with Crippen molar-refractivity contribution < 1.29 is 13.9 Å². The number of thiazole rings is 1. The van der Waals surface area contributed by atoms with Gasteiger partial charge in [-0.1, -0.05) is 18.2 Å². The van der Waals surface area contributed by atoms with Crippen LogP contribution in [-0.4, -0.2) is 27.8 Å². The monoisotopic (exact) mass is 354 g/mol. The van der Waals surface area contributed by atoms with Crippen LogP contribution in [-0.2, 0) is 7.05 Å². The van der Waals surface area contributed by atoms with Crippen molar-refractivity contribution >= 4 is 33.3 Å². The van der Waals surface area contributed by atoms with Crippen molar-refractivity contribution in [2.24, 2.45) is 7.05 Å². The molecule has 4 aromatic rings. The van der Waals surface area contributed by atoms with Gasteiger partial charge in [0.25, 0.3) is 5.91 Å². The summed E-state index contributed by atoms with van der Waals surface area (Å²) in [5.74, 6) is 0.612. The molecule has 1 aromatic carbocycles. The maximum atomic E-state index is 12.4. The van der Waals surface area contributed by atoms with E-state index in [0.29, 0.717) is 22.1 Å². The number of methoxy groups -OCH3 is 1. The Morgan fingerprint density at radius 1 is 1.36 bits per heavy atom. The lowest BCUT2D eigenvalue weighted by Gasteiger charge is -2.00. The number of carbonyl (C=O) groups is 1. The second kappa shape index (κ2) is 6.06. The van der Waals surface area contributed by atoms with E-state index in [-0.39, 0.29) is 11.8 Å². The number of nitrogens with zero attached hydrogens (tertiary/aromatic N) is 3. The van der Waals surface area contributed by atoms with E-state index in [9.17, 15) is 4.79 Å². The first kappa shape index (κ1) is 15.4. The lowest BCUT2D eigenvalue weighted by Crippen LogP contribution is -2.12. The zero-order chi connectivity index (χ0) is 17.4. The summed E-state index contributed by atoms with van der Waals surface area (Å²) in [4.78, 5) is 16.8. The number of aryl methyl sites for hydroxylation is 1. The van der Waals surface area contributed by atoms with Crippen LogP contribution in [0.2, 0.25) is 0 Å². The van der Waals surface area contributed by atoms with Crippen LogP contribution in [0, 0.1) is 0 Å². The van der Waals surface area contributed by atoms with E-state index in [1.807, 2.05) is 35.7 Å². The normalized spacial score (nSPS) is 11.0. The molecular weight excluding hydrogens is 340 g/mol. The number of furan rings is 1. The average molecular weight is 354 g/mol. The number of ether oxygens (including phenoxy) is 1. The Balaban J connectivity index is 1.57. The highest BCUT2D eigenvalue weighted by molar-refractivity contribution is 7.14. The van der Waals surface area contributed by atoms with Crippen LogP contribution in [0.15, 0.2) is 46.3 Å². The zero-order valence-electron chi connectivity index (χ0n) is 13.5. The minimum Gasteiger partial charge on any atom is -0.479 e. The summed E-state index contributed by atoms with van der Waals surface area (Å²) in [7, 11) is 3.20. The summed E-state index contributed by atoms with van der Waals surface area (Å²) >= 11 is 1.33. The van der Waals surface area contributed by atoms with E-state index >= 15 is 0 Å². The number of amides is 1. The summed E-state index contributed by atoms with van der Waals surface area (Å²) in [6, 6.07) is 9.69. The van der Waals surface area contributed by atoms with Gasteiger partial charge in [0, 0.05) is 24.0 Å². The van der Waals surface area contributed by atoms with Crippen molar-refractivity contribution in [2.45, 2.75) is 0 Å². The number of nitrogens with one attached hydrogen (secondary N) is 1. The molecule has 0 radical (unpaired) electrons. The van der Waals surface area contributed by atoms with Gasteiger partial charge >= 0.3 is 0 Å². The molecule has 0 aliphatic carbocycles. The quantitative estimate of drug-likeness (QED) is 0.606. The highest BCUT2D eigenvalue weighted by atomic mass is 32.1. The molecule has 0 fully saturated rings. The lowest BCUT2D eigenvalue weighted by molar-refractivity contribution is 0.102. The number of hydrogen-bond acceptors (Lipinski definition) is 6. The lowest BCUT2D eigenvalue weighted by atomic mass is 10.2. The predicted octanol–water partition coefficient (Wildman–Crippen LogP) is 3.55. The van der Waals surface area contributed by atoms with Crippen LogP contribution in [0.5, 0.6) is 5.88 Å². The number of fused-ring (bicyclic) bond motifs is 1. The highest BCUT2D eigenvalue weighted by Crippen LogP contribution is 2.30. The van der Waals surface area contributed by atoms with Crippen LogP contribution in [0.25, 0.3) is 22.4 Å². The number of anilines is 1. The fraction of sp³-hybridized carbons (Fsp3) is 0.118. The fourth-order valence-corrected chi connectivity index (χ4v) is 3.19. The summed E-state index contributed by atoms with van der Waals surface area (Å²) in [5.41, 5.74) is 1.83. The topological polar surface area (TPSA) is 82.2 Å². The first-order chi connectivity index (χ1) is 12.1. The molecular formula is C17H14N4O3S. The molecule has 0 unspecified atom stereocenters. The van der Waals surface area contributed by atoms with E-state index in [1.54, 1.807) is 13.2 Å². The van der Waals surface area contributed by atoms with E-state index in [0.717, 1.165) is 11.0 Å². The van der Waals surface area contributed by atoms with Gasteiger partial charge in [0.2, 0.25) is 5.88 Å². The third kappa shape index (κ3) is 2.87. The van der Waals surface area contributed by atoms with E-state index < -0.39 is 0 Å². The number of aromatic nitrogens is 3. The highest BCUT2D eigenvalue weighted by Gasteiger charge is 2.18. The maximum absolute atomic E-state index is 12.4. The Labute approximate surface area is 146 Å². The van der Waals surface area contributed by atoms with E-state index in [4.69, 9.17) is 9.15 Å². The smallest absolute Gasteiger partial charge is 0.264 e. The maximum Gasteiger partial charge on any atom is 0.264 e. The molecule has 1 amide bonds. The first-order valence-corrected chi connectivity index (χ1v) is 8.35. The fourth-order valence-electron chi connectivity index (χ4n) is 2.49. The molecule has 0 bridgehead atoms. The minimum absolute atomic E-state index is 0.272. The molecule has 8 heteroatoms. The Kier molecular flexibility index (Phi) is 3.73. The van der Waals surface area contributed by atoms with Gasteiger partial charge < -0.3 is 9.15 Å². The molecule has 25 heavy (non-hydrogen) atoms. The van der Waals surface area contributed by atoms with Crippen molar-refractivity contribution in [1.29, 1.82) is 0 Å². The Bertz CT molecular complexity index is 1030. The van der Waals surface area contributed by atoms with Crippen molar-refractivity contribution in [3.63, 3.8) is 0 Å². The second-order valence-electron chi connectivity index (χ2n) is 5.37. The van der Waals surface area contributed by atoms with Crippen LogP contribution >= 0.6 is 11.3 Å². The number of rotatable bonds is 4.